The fourth-order valence-corrected chi connectivity index (χ4v) is 1.09. The van der Waals surface area contributed by atoms with Crippen molar-refractivity contribution < 1.29 is 24.2 Å². The van der Waals surface area contributed by atoms with Crippen LogP contribution in [0.25, 0.3) is 0 Å². The first-order valence-corrected chi connectivity index (χ1v) is 4.82. The highest BCUT2D eigenvalue weighted by molar-refractivity contribution is 5.93. The second kappa shape index (κ2) is 5.75. The topological polar surface area (TPSA) is 72.8 Å². The van der Waals surface area contributed by atoms with Crippen LogP contribution >= 0.6 is 0 Å². The van der Waals surface area contributed by atoms with E-state index in [0.717, 1.165) is 0 Å². The number of carboxylic acid groups (broad SMARTS) is 1. The predicted molar refractivity (Wildman–Crippen MR) is 55.7 cm³/mol. The lowest BCUT2D eigenvalue weighted by molar-refractivity contribution is 0.0501. The minimum atomic E-state index is -1.46. The summed E-state index contributed by atoms with van der Waals surface area (Å²) < 4.78 is 9.35. The molecule has 0 saturated carbocycles. The van der Waals surface area contributed by atoms with Gasteiger partial charge in [0.25, 0.3) is 0 Å². The van der Waals surface area contributed by atoms with Gasteiger partial charge in [-0.3, -0.25) is 0 Å². The molecule has 16 heavy (non-hydrogen) atoms. The maximum Gasteiger partial charge on any atom is 0.511 e. The van der Waals surface area contributed by atoms with Crippen LogP contribution in [0.4, 0.5) is 4.79 Å². The number of benzene rings is 1. The Bertz CT molecular complexity index is 386. The van der Waals surface area contributed by atoms with Gasteiger partial charge in [-0.2, -0.15) is 0 Å². The van der Waals surface area contributed by atoms with Gasteiger partial charge in [-0.05, 0) is 18.6 Å². The molecule has 0 saturated heterocycles. The Labute approximate surface area is 92.6 Å². The minimum absolute atomic E-state index is 0.0175. The van der Waals surface area contributed by atoms with Crippen LogP contribution in [0.5, 0.6) is 5.75 Å². The lowest BCUT2D eigenvalue weighted by Gasteiger charge is -2.07. The average molecular weight is 224 g/mol. The van der Waals surface area contributed by atoms with Crippen LogP contribution in [0.1, 0.15) is 23.7 Å². The molecule has 0 radical (unpaired) electrons. The van der Waals surface area contributed by atoms with E-state index in [1.54, 1.807) is 12.1 Å². The van der Waals surface area contributed by atoms with E-state index in [4.69, 9.17) is 9.84 Å². The van der Waals surface area contributed by atoms with Gasteiger partial charge in [0, 0.05) is 0 Å². The lowest BCUT2D eigenvalue weighted by atomic mass is 10.2. The standard InChI is InChI=1S/C11H12O5/c1-2-7-15-10(12)8-5-3-4-6-9(8)16-11(13)14/h3-6H,2,7H2,1H3,(H,13,14). The van der Waals surface area contributed by atoms with Crippen molar-refractivity contribution in [3.05, 3.63) is 29.8 Å². The van der Waals surface area contributed by atoms with E-state index in [0.29, 0.717) is 13.0 Å². The third kappa shape index (κ3) is 3.27. The van der Waals surface area contributed by atoms with Crippen LogP contribution in [0.15, 0.2) is 24.3 Å². The van der Waals surface area contributed by atoms with Crippen molar-refractivity contribution in [1.29, 1.82) is 0 Å². The first-order valence-electron chi connectivity index (χ1n) is 4.82. The molecule has 0 fully saturated rings. The lowest BCUT2D eigenvalue weighted by Crippen LogP contribution is -2.11. The van der Waals surface area contributed by atoms with Gasteiger partial charge < -0.3 is 14.6 Å². The van der Waals surface area contributed by atoms with E-state index in [1.807, 2.05) is 6.92 Å². The molecule has 86 valence electrons. The Morgan fingerprint density at radius 2 is 2.00 bits per heavy atom. The van der Waals surface area contributed by atoms with Crippen molar-refractivity contribution in [1.82, 2.24) is 0 Å². The van der Waals surface area contributed by atoms with Crippen molar-refractivity contribution in [2.75, 3.05) is 6.61 Å². The molecule has 0 aromatic heterocycles. The van der Waals surface area contributed by atoms with Gasteiger partial charge in [-0.25, -0.2) is 9.59 Å². The normalized spacial score (nSPS) is 9.56. The highest BCUT2D eigenvalue weighted by Crippen LogP contribution is 2.19. The number of rotatable bonds is 4. The molecule has 0 heterocycles. The molecule has 1 aromatic carbocycles. The second-order valence-electron chi connectivity index (χ2n) is 3.00. The summed E-state index contributed by atoms with van der Waals surface area (Å²) in [5.74, 6) is -0.602. The molecule has 1 aromatic rings. The van der Waals surface area contributed by atoms with Crippen LogP contribution in [0.3, 0.4) is 0 Å². The second-order valence-corrected chi connectivity index (χ2v) is 3.00. The van der Waals surface area contributed by atoms with E-state index in [1.165, 1.54) is 12.1 Å². The van der Waals surface area contributed by atoms with Crippen LogP contribution < -0.4 is 4.74 Å². The van der Waals surface area contributed by atoms with Gasteiger partial charge >= 0.3 is 12.1 Å². The Hall–Kier alpha value is -2.04. The zero-order chi connectivity index (χ0) is 12.0. The number of carbonyl (C=O) groups excluding carboxylic acids is 1. The highest BCUT2D eigenvalue weighted by Gasteiger charge is 2.15. The summed E-state index contributed by atoms with van der Waals surface area (Å²) in [6.45, 7) is 2.16. The summed E-state index contributed by atoms with van der Waals surface area (Å²) in [6, 6.07) is 6.04. The summed E-state index contributed by atoms with van der Waals surface area (Å²) in [4.78, 5) is 21.9. The first-order chi connectivity index (χ1) is 7.65. The summed E-state index contributed by atoms with van der Waals surface area (Å²) in [5, 5.41) is 8.47. The van der Waals surface area contributed by atoms with E-state index < -0.39 is 12.1 Å². The Kier molecular flexibility index (Phi) is 4.32. The largest absolute Gasteiger partial charge is 0.511 e. The van der Waals surface area contributed by atoms with Crippen molar-refractivity contribution >= 4 is 12.1 Å². The van der Waals surface area contributed by atoms with Gasteiger partial charge in [0.2, 0.25) is 0 Å². The fourth-order valence-electron chi connectivity index (χ4n) is 1.09. The van der Waals surface area contributed by atoms with Gasteiger partial charge in [-0.15, -0.1) is 0 Å². The van der Waals surface area contributed by atoms with Crippen molar-refractivity contribution in [3.63, 3.8) is 0 Å². The predicted octanol–water partition coefficient (Wildman–Crippen LogP) is 2.31. The van der Waals surface area contributed by atoms with Crippen molar-refractivity contribution in [3.8, 4) is 5.75 Å². The van der Waals surface area contributed by atoms with E-state index in [9.17, 15) is 9.59 Å². The summed E-state index contributed by atoms with van der Waals surface area (Å²) in [5.41, 5.74) is 0.110. The molecule has 0 aliphatic carbocycles. The van der Waals surface area contributed by atoms with Crippen LogP contribution in [0, 0.1) is 0 Å². The number of ether oxygens (including phenoxy) is 2. The maximum absolute atomic E-state index is 11.5. The third-order valence-electron chi connectivity index (χ3n) is 1.74. The molecule has 5 nitrogen and oxygen atoms in total. The van der Waals surface area contributed by atoms with E-state index >= 15 is 0 Å². The first kappa shape index (κ1) is 12.0. The molecule has 5 heteroatoms. The molecule has 0 amide bonds. The Morgan fingerprint density at radius 1 is 1.31 bits per heavy atom. The van der Waals surface area contributed by atoms with Gasteiger partial charge in [0.1, 0.15) is 11.3 Å². The molecule has 1 rings (SSSR count). The molecule has 0 bridgehead atoms. The molecule has 0 unspecified atom stereocenters. The SMILES string of the molecule is CCCOC(=O)c1ccccc1OC(=O)O. The molecular formula is C11H12O5. The Morgan fingerprint density at radius 3 is 2.62 bits per heavy atom. The number of para-hydroxylation sites is 1. The van der Waals surface area contributed by atoms with Crippen molar-refractivity contribution in [2.24, 2.45) is 0 Å². The fraction of sp³-hybridized carbons (Fsp3) is 0.273. The third-order valence-corrected chi connectivity index (χ3v) is 1.74. The molecule has 0 aliphatic rings. The van der Waals surface area contributed by atoms with E-state index in [-0.39, 0.29) is 11.3 Å². The smallest absolute Gasteiger partial charge is 0.462 e. The molecule has 0 aliphatic heterocycles. The number of hydrogen-bond acceptors (Lipinski definition) is 4. The van der Waals surface area contributed by atoms with Crippen LogP contribution in [-0.2, 0) is 4.74 Å². The summed E-state index contributed by atoms with van der Waals surface area (Å²) in [7, 11) is 0. The van der Waals surface area contributed by atoms with Gasteiger partial charge in [0.05, 0.1) is 6.61 Å². The average Bonchev–Trinajstić information content (AvgIpc) is 2.26. The van der Waals surface area contributed by atoms with Crippen LogP contribution in [0.2, 0.25) is 0 Å². The monoisotopic (exact) mass is 224 g/mol. The van der Waals surface area contributed by atoms with E-state index in [2.05, 4.69) is 4.74 Å². The van der Waals surface area contributed by atoms with Crippen LogP contribution in [-0.4, -0.2) is 23.8 Å². The summed E-state index contributed by atoms with van der Waals surface area (Å²) in [6.07, 6.45) is -0.760. The quantitative estimate of drug-likeness (QED) is 0.627. The molecular weight excluding hydrogens is 212 g/mol. The maximum atomic E-state index is 11.5. The summed E-state index contributed by atoms with van der Waals surface area (Å²) >= 11 is 0. The molecule has 0 atom stereocenters. The molecule has 1 N–H and O–H groups in total. The minimum Gasteiger partial charge on any atom is -0.462 e. The zero-order valence-electron chi connectivity index (χ0n) is 8.80. The Balaban J connectivity index is 2.85. The highest BCUT2D eigenvalue weighted by atomic mass is 16.7. The number of carbonyl (C=O) groups is 2. The number of hydrogen-bond donors (Lipinski definition) is 1. The number of esters is 1. The van der Waals surface area contributed by atoms with Gasteiger partial charge in [-0.1, -0.05) is 19.1 Å². The van der Waals surface area contributed by atoms with Crippen molar-refractivity contribution in [2.45, 2.75) is 13.3 Å². The molecule has 0 spiro atoms. The zero-order valence-corrected chi connectivity index (χ0v) is 8.80. The van der Waals surface area contributed by atoms with Gasteiger partial charge in [0.15, 0.2) is 0 Å².